The summed E-state index contributed by atoms with van der Waals surface area (Å²) in [6, 6.07) is 9.89. The highest BCUT2D eigenvalue weighted by Gasteiger charge is 2.17. The Labute approximate surface area is 176 Å². The molecular formula is C23H24N6O. The Kier molecular flexibility index (Phi) is 6.17. The number of hydrogen-bond acceptors (Lipinski definition) is 6. The minimum Gasteiger partial charge on any atom is -0.354 e. The molecule has 7 nitrogen and oxygen atoms in total. The van der Waals surface area contributed by atoms with Crippen LogP contribution in [0.2, 0.25) is 0 Å². The molecule has 3 heterocycles. The fourth-order valence-corrected chi connectivity index (χ4v) is 3.00. The van der Waals surface area contributed by atoms with Gasteiger partial charge in [-0.05, 0) is 69.0 Å². The van der Waals surface area contributed by atoms with Crippen molar-refractivity contribution in [1.29, 1.82) is 5.26 Å². The monoisotopic (exact) mass is 400 g/mol. The molecule has 0 spiro atoms. The summed E-state index contributed by atoms with van der Waals surface area (Å²) in [4.78, 5) is 20.5. The Morgan fingerprint density at radius 2 is 1.97 bits per heavy atom. The van der Waals surface area contributed by atoms with Crippen LogP contribution in [0.5, 0.6) is 0 Å². The van der Waals surface area contributed by atoms with Crippen molar-refractivity contribution in [3.05, 3.63) is 59.8 Å². The smallest absolute Gasteiger partial charge is 0.269 e. The molecule has 3 aromatic rings. The fraction of sp³-hybridized carbons (Fsp3) is 0.304. The zero-order valence-corrected chi connectivity index (χ0v) is 17.6. The van der Waals surface area contributed by atoms with Gasteiger partial charge < -0.3 is 5.32 Å². The van der Waals surface area contributed by atoms with E-state index in [2.05, 4.69) is 37.6 Å². The van der Waals surface area contributed by atoms with Gasteiger partial charge in [-0.25, -0.2) is 0 Å². The minimum atomic E-state index is -0.380. The van der Waals surface area contributed by atoms with E-state index in [0.717, 1.165) is 40.8 Å². The van der Waals surface area contributed by atoms with Crippen LogP contribution in [0.25, 0.3) is 22.4 Å². The Hall–Kier alpha value is -3.66. The van der Waals surface area contributed by atoms with Crippen molar-refractivity contribution in [2.45, 2.75) is 33.6 Å². The van der Waals surface area contributed by atoms with Gasteiger partial charge in [-0.3, -0.25) is 14.8 Å². The zero-order chi connectivity index (χ0) is 21.7. The van der Waals surface area contributed by atoms with E-state index >= 15 is 0 Å². The Morgan fingerprint density at radius 1 is 1.17 bits per heavy atom. The lowest BCUT2D eigenvalue weighted by atomic mass is 9.88. The van der Waals surface area contributed by atoms with E-state index in [4.69, 9.17) is 0 Å². The summed E-state index contributed by atoms with van der Waals surface area (Å²) in [6.07, 6.45) is 6.62. The van der Waals surface area contributed by atoms with Gasteiger partial charge in [0, 0.05) is 36.3 Å². The molecule has 3 rings (SSSR count). The van der Waals surface area contributed by atoms with Crippen LogP contribution < -0.4 is 5.32 Å². The molecule has 152 valence electrons. The molecule has 0 unspecified atom stereocenters. The summed E-state index contributed by atoms with van der Waals surface area (Å²) < 4.78 is 0. The average molecular weight is 400 g/mol. The lowest BCUT2D eigenvalue weighted by molar-refractivity contribution is 0.0958. The third-order valence-electron chi connectivity index (χ3n) is 4.97. The van der Waals surface area contributed by atoms with Gasteiger partial charge in [-0.15, -0.1) is 0 Å². The third kappa shape index (κ3) is 4.84. The molecule has 0 saturated carbocycles. The van der Waals surface area contributed by atoms with Gasteiger partial charge in [0.15, 0.2) is 0 Å². The molecule has 0 aliphatic heterocycles. The maximum Gasteiger partial charge on any atom is 0.269 e. The molecule has 0 saturated heterocycles. The lowest BCUT2D eigenvalue weighted by Gasteiger charge is -2.15. The molecule has 30 heavy (non-hydrogen) atoms. The average Bonchev–Trinajstić information content (AvgIpc) is 2.78. The predicted octanol–water partition coefficient (Wildman–Crippen LogP) is 3.75. The van der Waals surface area contributed by atoms with Crippen LogP contribution in [0.15, 0.2) is 42.9 Å². The summed E-state index contributed by atoms with van der Waals surface area (Å²) >= 11 is 0. The third-order valence-corrected chi connectivity index (χ3v) is 4.97. The summed E-state index contributed by atoms with van der Waals surface area (Å²) in [6.45, 7) is 5.81. The second-order valence-corrected chi connectivity index (χ2v) is 7.81. The first-order valence-electron chi connectivity index (χ1n) is 9.71. The number of carbonyl (C=O) groups excluding carboxylic acids is 1. The van der Waals surface area contributed by atoms with Crippen LogP contribution in [0.4, 0.5) is 0 Å². The quantitative estimate of drug-likeness (QED) is 0.676. The number of aromatic nitrogens is 4. The van der Waals surface area contributed by atoms with Crippen molar-refractivity contribution in [3.63, 3.8) is 0 Å². The van der Waals surface area contributed by atoms with Gasteiger partial charge in [-0.1, -0.05) is 0 Å². The standard InChI is InChI=1S/C23H24N6O/c1-15-19(9-16(12-27-15)5-7-23(2,3)14-24)20-11-18(13-28-29-20)17-6-8-26-21(10-17)22(30)25-4/h6,8-13H,5,7H2,1-4H3,(H,25,30). The Morgan fingerprint density at radius 3 is 2.70 bits per heavy atom. The van der Waals surface area contributed by atoms with Crippen molar-refractivity contribution < 1.29 is 4.79 Å². The van der Waals surface area contributed by atoms with E-state index < -0.39 is 0 Å². The van der Waals surface area contributed by atoms with Crippen LogP contribution in [0.1, 0.15) is 42.0 Å². The van der Waals surface area contributed by atoms with Gasteiger partial charge in [-0.2, -0.15) is 15.5 Å². The zero-order valence-electron chi connectivity index (χ0n) is 17.6. The molecule has 0 aliphatic rings. The molecule has 0 atom stereocenters. The van der Waals surface area contributed by atoms with Crippen LogP contribution >= 0.6 is 0 Å². The number of rotatable bonds is 6. The summed E-state index contributed by atoms with van der Waals surface area (Å²) in [5.74, 6) is -0.243. The predicted molar refractivity (Wildman–Crippen MR) is 114 cm³/mol. The first-order chi connectivity index (χ1) is 14.3. The maximum atomic E-state index is 11.9. The van der Waals surface area contributed by atoms with E-state index in [1.807, 2.05) is 39.1 Å². The number of carbonyl (C=O) groups is 1. The van der Waals surface area contributed by atoms with Crippen LogP contribution in [0, 0.1) is 23.7 Å². The molecule has 7 heteroatoms. The summed E-state index contributed by atoms with van der Waals surface area (Å²) in [5.41, 5.74) is 5.14. The van der Waals surface area contributed by atoms with E-state index in [1.165, 1.54) is 0 Å². The highest BCUT2D eigenvalue weighted by Crippen LogP contribution is 2.27. The van der Waals surface area contributed by atoms with E-state index in [-0.39, 0.29) is 11.3 Å². The number of amides is 1. The van der Waals surface area contributed by atoms with Crippen molar-refractivity contribution >= 4 is 5.91 Å². The number of hydrogen-bond donors (Lipinski definition) is 1. The van der Waals surface area contributed by atoms with E-state index in [0.29, 0.717) is 11.4 Å². The minimum absolute atomic E-state index is 0.243. The SMILES string of the molecule is CNC(=O)c1cc(-c2cnnc(-c3cc(CCC(C)(C)C#N)cnc3C)c2)ccn1. The highest BCUT2D eigenvalue weighted by atomic mass is 16.1. The van der Waals surface area contributed by atoms with Gasteiger partial charge in [0.25, 0.3) is 5.91 Å². The first kappa shape index (κ1) is 21.1. The molecule has 0 fully saturated rings. The van der Waals surface area contributed by atoms with E-state index in [9.17, 15) is 10.1 Å². The van der Waals surface area contributed by atoms with Crippen LogP contribution in [0.3, 0.4) is 0 Å². The Bertz CT molecular complexity index is 1120. The van der Waals surface area contributed by atoms with Gasteiger partial charge in [0.2, 0.25) is 0 Å². The van der Waals surface area contributed by atoms with Crippen LogP contribution in [-0.2, 0) is 6.42 Å². The largest absolute Gasteiger partial charge is 0.354 e. The molecule has 0 bridgehead atoms. The molecule has 0 aromatic carbocycles. The fourth-order valence-electron chi connectivity index (χ4n) is 3.00. The van der Waals surface area contributed by atoms with E-state index in [1.54, 1.807) is 25.5 Å². The first-order valence-corrected chi connectivity index (χ1v) is 9.71. The van der Waals surface area contributed by atoms with Gasteiger partial charge in [0.05, 0.1) is 23.4 Å². The number of nitrogens with zero attached hydrogens (tertiary/aromatic N) is 5. The molecule has 0 aliphatic carbocycles. The molecular weight excluding hydrogens is 376 g/mol. The van der Waals surface area contributed by atoms with Crippen molar-refractivity contribution in [2.24, 2.45) is 5.41 Å². The molecule has 0 radical (unpaired) electrons. The lowest BCUT2D eigenvalue weighted by Crippen LogP contribution is -2.19. The van der Waals surface area contributed by atoms with Crippen molar-refractivity contribution in [3.8, 4) is 28.5 Å². The molecule has 1 amide bonds. The second-order valence-electron chi connectivity index (χ2n) is 7.81. The van der Waals surface area contributed by atoms with Gasteiger partial charge in [0.1, 0.15) is 5.69 Å². The summed E-state index contributed by atoms with van der Waals surface area (Å²) in [7, 11) is 1.57. The highest BCUT2D eigenvalue weighted by molar-refractivity contribution is 5.93. The topological polar surface area (TPSA) is 104 Å². The number of pyridine rings is 2. The Balaban J connectivity index is 1.94. The van der Waals surface area contributed by atoms with Gasteiger partial charge >= 0.3 is 0 Å². The second kappa shape index (κ2) is 8.78. The number of nitriles is 1. The maximum absolute atomic E-state index is 11.9. The number of aryl methyl sites for hydroxylation is 2. The normalized spacial score (nSPS) is 11.0. The van der Waals surface area contributed by atoms with Crippen molar-refractivity contribution in [2.75, 3.05) is 7.05 Å². The van der Waals surface area contributed by atoms with Crippen molar-refractivity contribution in [1.82, 2.24) is 25.5 Å². The molecule has 1 N–H and O–H groups in total. The molecule has 3 aromatic heterocycles. The number of nitrogens with one attached hydrogen (secondary N) is 1. The summed E-state index contributed by atoms with van der Waals surface area (Å²) in [5, 5.41) is 20.3. The van der Waals surface area contributed by atoms with Crippen LogP contribution in [-0.4, -0.2) is 33.1 Å².